The van der Waals surface area contributed by atoms with Crippen molar-refractivity contribution in [3.8, 4) is 0 Å². The number of benzene rings is 1. The molecule has 0 bridgehead atoms. The van der Waals surface area contributed by atoms with Gasteiger partial charge in [-0.1, -0.05) is 35.8 Å². The van der Waals surface area contributed by atoms with Gasteiger partial charge in [-0.15, -0.1) is 0 Å². The molecule has 1 aromatic rings. The first kappa shape index (κ1) is 15.5. The van der Waals surface area contributed by atoms with Crippen LogP contribution in [0.4, 0.5) is 0 Å². The topological polar surface area (TPSA) is 38.3 Å². The fraction of sp³-hybridized carbons (Fsp3) is 0.562. The van der Waals surface area contributed by atoms with Gasteiger partial charge in [-0.2, -0.15) is 0 Å². The highest BCUT2D eigenvalue weighted by molar-refractivity contribution is 9.10. The van der Waals surface area contributed by atoms with Gasteiger partial charge in [-0.25, -0.2) is 4.79 Å². The summed E-state index contributed by atoms with van der Waals surface area (Å²) >= 11 is 3.53. The van der Waals surface area contributed by atoms with Gasteiger partial charge in [-0.3, -0.25) is 0 Å². The molecule has 1 N–H and O–H groups in total. The lowest BCUT2D eigenvalue weighted by Gasteiger charge is -2.18. The Morgan fingerprint density at radius 3 is 2.80 bits per heavy atom. The largest absolute Gasteiger partial charge is 0.465 e. The van der Waals surface area contributed by atoms with Crippen molar-refractivity contribution in [1.82, 2.24) is 5.32 Å². The minimum absolute atomic E-state index is 0.303. The van der Waals surface area contributed by atoms with Crippen LogP contribution in [0.15, 0.2) is 22.7 Å². The number of hydrogen-bond donors (Lipinski definition) is 1. The van der Waals surface area contributed by atoms with E-state index in [1.807, 2.05) is 18.2 Å². The molecule has 1 atom stereocenters. The summed E-state index contributed by atoms with van der Waals surface area (Å²) in [7, 11) is 1.40. The van der Waals surface area contributed by atoms with Gasteiger partial charge in [0.05, 0.1) is 12.7 Å². The van der Waals surface area contributed by atoms with Crippen LogP contribution in [0.2, 0.25) is 0 Å². The smallest absolute Gasteiger partial charge is 0.337 e. The Labute approximate surface area is 129 Å². The zero-order valence-electron chi connectivity index (χ0n) is 12.3. The van der Waals surface area contributed by atoms with Crippen LogP contribution in [-0.4, -0.2) is 19.1 Å². The molecule has 2 rings (SSSR count). The molecule has 1 aromatic carbocycles. The van der Waals surface area contributed by atoms with Crippen molar-refractivity contribution >= 4 is 21.9 Å². The highest BCUT2D eigenvalue weighted by Gasteiger charge is 2.30. The molecule has 0 aliphatic heterocycles. The molecule has 0 radical (unpaired) electrons. The first-order chi connectivity index (χ1) is 9.41. The van der Waals surface area contributed by atoms with Crippen LogP contribution < -0.4 is 5.32 Å². The van der Waals surface area contributed by atoms with E-state index in [4.69, 9.17) is 4.74 Å². The number of hydrogen-bond acceptors (Lipinski definition) is 3. The van der Waals surface area contributed by atoms with Crippen molar-refractivity contribution < 1.29 is 9.53 Å². The molecule has 110 valence electrons. The predicted octanol–water partition coefficient (Wildman–Crippen LogP) is 3.90. The lowest BCUT2D eigenvalue weighted by molar-refractivity contribution is 0.0600. The summed E-state index contributed by atoms with van der Waals surface area (Å²) in [6, 6.07) is 6.20. The van der Waals surface area contributed by atoms with Crippen LogP contribution in [0.25, 0.3) is 0 Å². The van der Waals surface area contributed by atoms with Crippen LogP contribution in [0.5, 0.6) is 0 Å². The van der Waals surface area contributed by atoms with Crippen molar-refractivity contribution in [3.05, 3.63) is 33.8 Å². The Bertz CT molecular complexity index is 499. The maximum absolute atomic E-state index is 11.5. The van der Waals surface area contributed by atoms with Crippen molar-refractivity contribution in [1.29, 1.82) is 0 Å². The Balaban J connectivity index is 1.95. The predicted molar refractivity (Wildman–Crippen MR) is 83.7 cm³/mol. The normalized spacial score (nSPS) is 20.9. The number of nitrogens with one attached hydrogen (secondary N) is 1. The van der Waals surface area contributed by atoms with E-state index in [1.165, 1.54) is 31.9 Å². The zero-order chi connectivity index (χ0) is 14.8. The van der Waals surface area contributed by atoms with Gasteiger partial charge < -0.3 is 10.1 Å². The maximum Gasteiger partial charge on any atom is 0.337 e. The summed E-state index contributed by atoms with van der Waals surface area (Å²) in [6.07, 6.45) is 3.75. The second kappa shape index (κ2) is 6.27. The number of ether oxygens (including phenoxy) is 1. The minimum Gasteiger partial charge on any atom is -0.465 e. The molecular weight excluding hydrogens is 318 g/mol. The fourth-order valence-electron chi connectivity index (χ4n) is 2.80. The Kier molecular flexibility index (Phi) is 4.86. The average Bonchev–Trinajstić information content (AvgIpc) is 2.76. The van der Waals surface area contributed by atoms with Gasteiger partial charge in [0.2, 0.25) is 0 Å². The van der Waals surface area contributed by atoms with Crippen molar-refractivity contribution in [2.24, 2.45) is 5.41 Å². The standard InChI is InChI=1S/C16H22BrNO2/c1-16(2)7-6-13(9-16)18-10-12-5-4-11(8-14(12)17)15(19)20-3/h4-5,8,13,18H,6-7,9-10H2,1-3H3. The highest BCUT2D eigenvalue weighted by atomic mass is 79.9. The van der Waals surface area contributed by atoms with Crippen molar-refractivity contribution in [2.75, 3.05) is 7.11 Å². The van der Waals surface area contributed by atoms with Crippen LogP contribution >= 0.6 is 15.9 Å². The van der Waals surface area contributed by atoms with Crippen molar-refractivity contribution in [3.63, 3.8) is 0 Å². The Hall–Kier alpha value is -0.870. The molecule has 20 heavy (non-hydrogen) atoms. The SMILES string of the molecule is COC(=O)c1ccc(CNC2CCC(C)(C)C2)c(Br)c1. The summed E-state index contributed by atoms with van der Waals surface area (Å²) in [5.74, 6) is -0.303. The highest BCUT2D eigenvalue weighted by Crippen LogP contribution is 2.37. The number of halogens is 1. The molecule has 0 aromatic heterocycles. The lowest BCUT2D eigenvalue weighted by atomic mass is 9.92. The van der Waals surface area contributed by atoms with Gasteiger partial charge in [-0.05, 0) is 42.4 Å². The maximum atomic E-state index is 11.5. The third-order valence-corrected chi connectivity index (χ3v) is 4.76. The molecule has 1 aliphatic rings. The van der Waals surface area contributed by atoms with Gasteiger partial charge >= 0.3 is 5.97 Å². The van der Waals surface area contributed by atoms with E-state index in [2.05, 4.69) is 35.1 Å². The average molecular weight is 340 g/mol. The number of methoxy groups -OCH3 is 1. The molecule has 0 spiro atoms. The van der Waals surface area contributed by atoms with Crippen LogP contribution in [-0.2, 0) is 11.3 Å². The molecule has 4 heteroatoms. The van der Waals surface area contributed by atoms with Gasteiger partial charge in [0, 0.05) is 17.1 Å². The summed E-state index contributed by atoms with van der Waals surface area (Å²) in [5.41, 5.74) is 2.20. The number of carbonyl (C=O) groups is 1. The molecule has 0 heterocycles. The molecule has 0 saturated heterocycles. The van der Waals surface area contributed by atoms with E-state index >= 15 is 0 Å². The Morgan fingerprint density at radius 2 is 2.25 bits per heavy atom. The Morgan fingerprint density at radius 1 is 1.50 bits per heavy atom. The molecule has 1 unspecified atom stereocenters. The fourth-order valence-corrected chi connectivity index (χ4v) is 3.32. The summed E-state index contributed by atoms with van der Waals surface area (Å²) in [4.78, 5) is 11.5. The van der Waals surface area contributed by atoms with Crippen LogP contribution in [0.3, 0.4) is 0 Å². The second-order valence-corrected chi connectivity index (χ2v) is 7.14. The van der Waals surface area contributed by atoms with E-state index in [0.717, 1.165) is 11.0 Å². The summed E-state index contributed by atoms with van der Waals surface area (Å²) in [5, 5.41) is 3.61. The van der Waals surface area contributed by atoms with E-state index in [0.29, 0.717) is 17.0 Å². The molecular formula is C16H22BrNO2. The quantitative estimate of drug-likeness (QED) is 0.845. The third kappa shape index (κ3) is 3.83. The molecule has 1 saturated carbocycles. The minimum atomic E-state index is -0.303. The first-order valence-electron chi connectivity index (χ1n) is 7.01. The zero-order valence-corrected chi connectivity index (χ0v) is 13.9. The van der Waals surface area contributed by atoms with E-state index in [-0.39, 0.29) is 5.97 Å². The van der Waals surface area contributed by atoms with E-state index < -0.39 is 0 Å². The second-order valence-electron chi connectivity index (χ2n) is 6.28. The van der Waals surface area contributed by atoms with Crippen molar-refractivity contribution in [2.45, 2.75) is 45.7 Å². The molecule has 0 amide bonds. The third-order valence-electron chi connectivity index (χ3n) is 4.02. The van der Waals surface area contributed by atoms with Gasteiger partial charge in [0.15, 0.2) is 0 Å². The molecule has 1 fully saturated rings. The van der Waals surface area contributed by atoms with E-state index in [1.54, 1.807) is 0 Å². The molecule has 3 nitrogen and oxygen atoms in total. The van der Waals surface area contributed by atoms with Crippen LogP contribution in [0.1, 0.15) is 49.0 Å². The number of esters is 1. The summed E-state index contributed by atoms with van der Waals surface area (Å²) < 4.78 is 5.67. The first-order valence-corrected chi connectivity index (χ1v) is 7.81. The number of carbonyl (C=O) groups excluding carboxylic acids is 1. The van der Waals surface area contributed by atoms with Crippen LogP contribution in [0, 0.1) is 5.41 Å². The number of rotatable bonds is 4. The lowest BCUT2D eigenvalue weighted by Crippen LogP contribution is -2.27. The van der Waals surface area contributed by atoms with E-state index in [9.17, 15) is 4.79 Å². The summed E-state index contributed by atoms with van der Waals surface area (Å²) in [6.45, 7) is 5.48. The van der Waals surface area contributed by atoms with Gasteiger partial charge in [0.25, 0.3) is 0 Å². The molecule has 1 aliphatic carbocycles. The monoisotopic (exact) mass is 339 g/mol. The van der Waals surface area contributed by atoms with Gasteiger partial charge in [0.1, 0.15) is 0 Å².